The molecule has 96 valence electrons. The lowest BCUT2D eigenvalue weighted by Gasteiger charge is -2.18. The molecule has 0 amide bonds. The predicted octanol–water partition coefficient (Wildman–Crippen LogP) is 2.84. The highest BCUT2D eigenvalue weighted by Gasteiger charge is 2.42. The van der Waals surface area contributed by atoms with Crippen molar-refractivity contribution in [2.75, 3.05) is 0 Å². The maximum absolute atomic E-state index is 13.3. The van der Waals surface area contributed by atoms with Gasteiger partial charge in [-0.3, -0.25) is 4.79 Å². The monoisotopic (exact) mass is 311 g/mol. The van der Waals surface area contributed by atoms with Crippen LogP contribution in [0.4, 0.5) is 4.39 Å². The zero-order valence-electron chi connectivity index (χ0n) is 9.96. The van der Waals surface area contributed by atoms with Crippen LogP contribution in [0.1, 0.15) is 24.8 Å². The first-order chi connectivity index (χ1) is 8.61. The van der Waals surface area contributed by atoms with Crippen molar-refractivity contribution in [2.45, 2.75) is 37.8 Å². The first-order valence-corrected chi connectivity index (χ1v) is 7.15. The van der Waals surface area contributed by atoms with Crippen LogP contribution in [0, 0.1) is 11.7 Å². The first-order valence-electron chi connectivity index (χ1n) is 6.35. The molecule has 3 unspecified atom stereocenters. The third-order valence-corrected chi connectivity index (χ3v) is 4.47. The summed E-state index contributed by atoms with van der Waals surface area (Å²) in [4.78, 5) is 12.2. The number of carbonyl (C=O) groups is 1. The fourth-order valence-corrected chi connectivity index (χ4v) is 3.74. The molecule has 1 N–H and O–H groups in total. The number of halogens is 2. The number of hydrogen-bond acceptors (Lipinski definition) is 2. The molecule has 2 saturated heterocycles. The van der Waals surface area contributed by atoms with Gasteiger partial charge in [0.15, 0.2) is 0 Å². The van der Waals surface area contributed by atoms with Gasteiger partial charge < -0.3 is 5.32 Å². The Hall–Kier alpha value is -0.740. The largest absolute Gasteiger partial charge is 0.310 e. The maximum atomic E-state index is 13.3. The Morgan fingerprint density at radius 1 is 1.39 bits per heavy atom. The van der Waals surface area contributed by atoms with Crippen molar-refractivity contribution in [1.29, 1.82) is 0 Å². The minimum atomic E-state index is -0.293. The Morgan fingerprint density at radius 3 is 2.83 bits per heavy atom. The highest BCUT2D eigenvalue weighted by atomic mass is 79.9. The maximum Gasteiger partial charge on any atom is 0.141 e. The molecular formula is C14H15BrFNO. The van der Waals surface area contributed by atoms with Crippen molar-refractivity contribution in [2.24, 2.45) is 5.92 Å². The lowest BCUT2D eigenvalue weighted by atomic mass is 9.84. The zero-order chi connectivity index (χ0) is 12.7. The summed E-state index contributed by atoms with van der Waals surface area (Å²) in [5.41, 5.74) is 0.759. The summed E-state index contributed by atoms with van der Waals surface area (Å²) in [6, 6.07) is 5.57. The Bertz CT molecular complexity index is 470. The van der Waals surface area contributed by atoms with Gasteiger partial charge in [0.25, 0.3) is 0 Å². The van der Waals surface area contributed by atoms with Crippen molar-refractivity contribution in [3.63, 3.8) is 0 Å². The quantitative estimate of drug-likeness (QED) is 0.930. The minimum absolute atomic E-state index is 0.130. The summed E-state index contributed by atoms with van der Waals surface area (Å²) in [6.45, 7) is 0. The molecular weight excluding hydrogens is 297 g/mol. The van der Waals surface area contributed by atoms with Gasteiger partial charge in [-0.1, -0.05) is 15.9 Å². The standard InChI is InChI=1S/C14H15BrFNO/c15-9-3-8(4-10(16)6-9)5-14(18)12-7-11-1-2-13(12)17-11/h3-4,6,11-13,17H,1-2,5,7H2. The molecule has 1 aromatic carbocycles. The first kappa shape index (κ1) is 12.3. The van der Waals surface area contributed by atoms with E-state index in [0.717, 1.165) is 18.4 Å². The van der Waals surface area contributed by atoms with Crippen LogP contribution < -0.4 is 5.32 Å². The summed E-state index contributed by atoms with van der Waals surface area (Å²) >= 11 is 3.26. The average molecular weight is 312 g/mol. The van der Waals surface area contributed by atoms with Crippen molar-refractivity contribution in [3.05, 3.63) is 34.1 Å². The highest BCUT2D eigenvalue weighted by Crippen LogP contribution is 2.34. The lowest BCUT2D eigenvalue weighted by molar-refractivity contribution is -0.122. The Balaban J connectivity index is 1.70. The lowest BCUT2D eigenvalue weighted by Crippen LogP contribution is -2.29. The van der Waals surface area contributed by atoms with Crippen LogP contribution in [0.3, 0.4) is 0 Å². The molecule has 0 saturated carbocycles. The number of nitrogens with one attached hydrogen (secondary N) is 1. The van der Waals surface area contributed by atoms with E-state index >= 15 is 0 Å². The fraction of sp³-hybridized carbons (Fsp3) is 0.500. The number of Topliss-reactive ketones (excluding diaryl/α,β-unsaturated/α-hetero) is 1. The third kappa shape index (κ3) is 2.36. The topological polar surface area (TPSA) is 29.1 Å². The van der Waals surface area contributed by atoms with Crippen LogP contribution in [0.15, 0.2) is 22.7 Å². The summed E-state index contributed by atoms with van der Waals surface area (Å²) in [7, 11) is 0. The van der Waals surface area contributed by atoms with E-state index in [9.17, 15) is 9.18 Å². The molecule has 0 radical (unpaired) electrons. The van der Waals surface area contributed by atoms with Crippen LogP contribution in [0.5, 0.6) is 0 Å². The summed E-state index contributed by atoms with van der Waals surface area (Å²) in [5.74, 6) is 0.0798. The van der Waals surface area contributed by atoms with Gasteiger partial charge in [0, 0.05) is 28.9 Å². The SMILES string of the molecule is O=C(Cc1cc(F)cc(Br)c1)C1CC2CCC1N2. The van der Waals surface area contributed by atoms with Crippen LogP contribution in [-0.2, 0) is 11.2 Å². The van der Waals surface area contributed by atoms with E-state index in [2.05, 4.69) is 21.2 Å². The van der Waals surface area contributed by atoms with Crippen molar-refractivity contribution in [3.8, 4) is 0 Å². The second-order valence-corrected chi connectivity index (χ2v) is 6.23. The molecule has 2 heterocycles. The van der Waals surface area contributed by atoms with Gasteiger partial charge in [-0.05, 0) is 43.0 Å². The zero-order valence-corrected chi connectivity index (χ0v) is 11.5. The van der Waals surface area contributed by atoms with E-state index in [1.165, 1.54) is 18.6 Å². The van der Waals surface area contributed by atoms with Crippen LogP contribution in [0.25, 0.3) is 0 Å². The highest BCUT2D eigenvalue weighted by molar-refractivity contribution is 9.10. The predicted molar refractivity (Wildman–Crippen MR) is 70.9 cm³/mol. The second-order valence-electron chi connectivity index (χ2n) is 5.31. The van der Waals surface area contributed by atoms with Crippen molar-refractivity contribution < 1.29 is 9.18 Å². The molecule has 18 heavy (non-hydrogen) atoms. The molecule has 4 heteroatoms. The number of carbonyl (C=O) groups excluding carboxylic acids is 1. The smallest absolute Gasteiger partial charge is 0.141 e. The summed E-state index contributed by atoms with van der Waals surface area (Å²) in [6.07, 6.45) is 3.60. The molecule has 2 aliphatic rings. The average Bonchev–Trinajstić information content (AvgIpc) is 2.88. The third-order valence-electron chi connectivity index (χ3n) is 4.01. The van der Waals surface area contributed by atoms with E-state index in [4.69, 9.17) is 0 Å². The van der Waals surface area contributed by atoms with E-state index in [-0.39, 0.29) is 17.5 Å². The van der Waals surface area contributed by atoms with Gasteiger partial charge in [-0.15, -0.1) is 0 Å². The van der Waals surface area contributed by atoms with Crippen molar-refractivity contribution in [1.82, 2.24) is 5.32 Å². The number of hydrogen-bond donors (Lipinski definition) is 1. The van der Waals surface area contributed by atoms with Crippen LogP contribution >= 0.6 is 15.9 Å². The van der Waals surface area contributed by atoms with Gasteiger partial charge in [0.2, 0.25) is 0 Å². The van der Waals surface area contributed by atoms with E-state index in [1.54, 1.807) is 0 Å². The normalized spacial score (nSPS) is 29.8. The van der Waals surface area contributed by atoms with Gasteiger partial charge in [-0.2, -0.15) is 0 Å². The molecule has 2 bridgehead atoms. The van der Waals surface area contributed by atoms with E-state index in [0.29, 0.717) is 23.0 Å². The van der Waals surface area contributed by atoms with Gasteiger partial charge >= 0.3 is 0 Å². The molecule has 2 nitrogen and oxygen atoms in total. The molecule has 1 aromatic rings. The molecule has 2 fully saturated rings. The minimum Gasteiger partial charge on any atom is -0.310 e. The molecule has 2 aliphatic heterocycles. The summed E-state index contributed by atoms with van der Waals surface area (Å²) in [5, 5.41) is 3.46. The fourth-order valence-electron chi connectivity index (χ4n) is 3.23. The van der Waals surface area contributed by atoms with Crippen LogP contribution in [0.2, 0.25) is 0 Å². The number of rotatable bonds is 3. The molecule has 0 spiro atoms. The second kappa shape index (κ2) is 4.74. The molecule has 0 aliphatic carbocycles. The van der Waals surface area contributed by atoms with Gasteiger partial charge in [-0.25, -0.2) is 4.39 Å². The Labute approximate surface area is 114 Å². The number of ketones is 1. The van der Waals surface area contributed by atoms with E-state index < -0.39 is 0 Å². The van der Waals surface area contributed by atoms with Gasteiger partial charge in [0.1, 0.15) is 11.6 Å². The molecule has 0 aromatic heterocycles. The Kier molecular flexibility index (Phi) is 3.24. The van der Waals surface area contributed by atoms with Crippen LogP contribution in [-0.4, -0.2) is 17.9 Å². The Morgan fingerprint density at radius 2 is 2.22 bits per heavy atom. The van der Waals surface area contributed by atoms with Crippen molar-refractivity contribution >= 4 is 21.7 Å². The molecule has 3 atom stereocenters. The summed E-state index contributed by atoms with van der Waals surface area (Å²) < 4.78 is 13.9. The number of benzene rings is 1. The van der Waals surface area contributed by atoms with E-state index in [1.807, 2.05) is 6.07 Å². The molecule has 3 rings (SSSR count). The van der Waals surface area contributed by atoms with Gasteiger partial charge in [0.05, 0.1) is 0 Å². The number of fused-ring (bicyclic) bond motifs is 2.